The maximum absolute atomic E-state index is 12.4. The lowest BCUT2D eigenvalue weighted by Crippen LogP contribution is -2.34. The van der Waals surface area contributed by atoms with Gasteiger partial charge < -0.3 is 15.0 Å². The first-order chi connectivity index (χ1) is 11.4. The van der Waals surface area contributed by atoms with E-state index < -0.39 is 11.9 Å². The summed E-state index contributed by atoms with van der Waals surface area (Å²) in [4.78, 5) is 4.23. The second kappa shape index (κ2) is 6.27. The summed E-state index contributed by atoms with van der Waals surface area (Å²) >= 11 is 0. The molecule has 0 amide bonds. The number of hydrogen-bond acceptors (Lipinski definition) is 5. The topological polar surface area (TPSA) is 74.2 Å². The van der Waals surface area contributed by atoms with Crippen LogP contribution in [0, 0.1) is 0 Å². The number of ether oxygens (including phenoxy) is 1. The monoisotopic (exact) mass is 339 g/mol. The van der Waals surface area contributed by atoms with Crippen LogP contribution in [0.5, 0.6) is 5.75 Å². The second-order valence-corrected chi connectivity index (χ2v) is 5.74. The van der Waals surface area contributed by atoms with Crippen LogP contribution < -0.4 is 10.5 Å². The molecule has 0 atom stereocenters. The standard InChI is InChI=1S/C16H16F3N3O2/c17-16(18,19)23-12-6-2-1-5-11(12)7-8-13-21-14(22-24-13)15(20)9-3-4-10-15/h1-2,5-8H,3-4,9-10,20H2/b8-7+. The van der Waals surface area contributed by atoms with Gasteiger partial charge in [-0.3, -0.25) is 0 Å². The van der Waals surface area contributed by atoms with E-state index >= 15 is 0 Å². The molecule has 1 aromatic carbocycles. The van der Waals surface area contributed by atoms with Crippen molar-refractivity contribution in [2.75, 3.05) is 0 Å². The first-order valence-corrected chi connectivity index (χ1v) is 7.52. The van der Waals surface area contributed by atoms with Gasteiger partial charge in [0.25, 0.3) is 5.89 Å². The highest BCUT2D eigenvalue weighted by molar-refractivity contribution is 5.69. The second-order valence-electron chi connectivity index (χ2n) is 5.74. The van der Waals surface area contributed by atoms with Gasteiger partial charge in [0.05, 0.1) is 5.54 Å². The first kappa shape index (κ1) is 16.5. The fourth-order valence-corrected chi connectivity index (χ4v) is 2.73. The van der Waals surface area contributed by atoms with E-state index in [4.69, 9.17) is 10.3 Å². The Morgan fingerprint density at radius 3 is 2.58 bits per heavy atom. The minimum atomic E-state index is -4.75. The van der Waals surface area contributed by atoms with E-state index in [2.05, 4.69) is 14.9 Å². The van der Waals surface area contributed by atoms with Gasteiger partial charge in [-0.25, -0.2) is 0 Å². The molecule has 24 heavy (non-hydrogen) atoms. The number of nitrogens with zero attached hydrogens (tertiary/aromatic N) is 2. The van der Waals surface area contributed by atoms with Gasteiger partial charge in [0, 0.05) is 11.6 Å². The third-order valence-corrected chi connectivity index (χ3v) is 3.93. The molecule has 128 valence electrons. The summed E-state index contributed by atoms with van der Waals surface area (Å²) in [6.45, 7) is 0. The molecule has 5 nitrogen and oxygen atoms in total. The van der Waals surface area contributed by atoms with Crippen molar-refractivity contribution in [3.63, 3.8) is 0 Å². The van der Waals surface area contributed by atoms with Crippen LogP contribution >= 0.6 is 0 Å². The summed E-state index contributed by atoms with van der Waals surface area (Å²) < 4.78 is 46.3. The van der Waals surface area contributed by atoms with Crippen molar-refractivity contribution < 1.29 is 22.4 Å². The molecule has 1 aliphatic carbocycles. The summed E-state index contributed by atoms with van der Waals surface area (Å²) in [5.41, 5.74) is 5.91. The number of para-hydroxylation sites is 1. The molecule has 0 bridgehead atoms. The molecule has 2 aromatic rings. The number of rotatable bonds is 4. The average molecular weight is 339 g/mol. The van der Waals surface area contributed by atoms with Crippen LogP contribution in [-0.4, -0.2) is 16.5 Å². The molecule has 1 heterocycles. The minimum Gasteiger partial charge on any atom is -0.405 e. The summed E-state index contributed by atoms with van der Waals surface area (Å²) in [6.07, 6.45) is 1.71. The van der Waals surface area contributed by atoms with Gasteiger partial charge in [0.2, 0.25) is 0 Å². The molecule has 8 heteroatoms. The Kier molecular flexibility index (Phi) is 4.31. The fourth-order valence-electron chi connectivity index (χ4n) is 2.73. The molecule has 0 saturated heterocycles. The van der Waals surface area contributed by atoms with Gasteiger partial charge in [-0.1, -0.05) is 36.2 Å². The Hall–Kier alpha value is -2.35. The van der Waals surface area contributed by atoms with Crippen molar-refractivity contribution in [1.82, 2.24) is 10.1 Å². The van der Waals surface area contributed by atoms with Gasteiger partial charge in [-0.05, 0) is 25.0 Å². The Labute approximate surface area is 136 Å². The van der Waals surface area contributed by atoms with E-state index in [0.717, 1.165) is 25.7 Å². The number of aromatic nitrogens is 2. The van der Waals surface area contributed by atoms with E-state index in [0.29, 0.717) is 5.82 Å². The Bertz CT molecular complexity index is 734. The molecule has 0 aliphatic heterocycles. The van der Waals surface area contributed by atoms with Gasteiger partial charge in [-0.2, -0.15) is 4.98 Å². The van der Waals surface area contributed by atoms with Crippen LogP contribution in [-0.2, 0) is 5.54 Å². The van der Waals surface area contributed by atoms with Gasteiger partial charge >= 0.3 is 6.36 Å². The van der Waals surface area contributed by atoms with Crippen LogP contribution in [0.1, 0.15) is 43.0 Å². The van der Waals surface area contributed by atoms with Crippen molar-refractivity contribution in [2.45, 2.75) is 37.6 Å². The lowest BCUT2D eigenvalue weighted by atomic mass is 9.99. The Morgan fingerprint density at radius 2 is 1.88 bits per heavy atom. The smallest absolute Gasteiger partial charge is 0.405 e. The molecular formula is C16H16F3N3O2. The van der Waals surface area contributed by atoms with Crippen molar-refractivity contribution in [3.8, 4) is 5.75 Å². The molecule has 1 aromatic heterocycles. The average Bonchev–Trinajstić information content (AvgIpc) is 3.15. The summed E-state index contributed by atoms with van der Waals surface area (Å²) in [5.74, 6) is 0.315. The third kappa shape index (κ3) is 3.76. The molecule has 0 radical (unpaired) electrons. The zero-order chi connectivity index (χ0) is 17.2. The van der Waals surface area contributed by atoms with E-state index in [1.54, 1.807) is 6.07 Å². The van der Waals surface area contributed by atoms with E-state index in [9.17, 15) is 13.2 Å². The first-order valence-electron chi connectivity index (χ1n) is 7.52. The molecule has 1 aliphatic rings. The number of benzene rings is 1. The summed E-state index contributed by atoms with van der Waals surface area (Å²) in [6, 6.07) is 5.80. The molecule has 0 unspecified atom stereocenters. The maximum atomic E-state index is 12.4. The largest absolute Gasteiger partial charge is 0.573 e. The lowest BCUT2D eigenvalue weighted by Gasteiger charge is -2.17. The lowest BCUT2D eigenvalue weighted by molar-refractivity contribution is -0.274. The maximum Gasteiger partial charge on any atom is 0.573 e. The Balaban J connectivity index is 1.78. The Morgan fingerprint density at radius 1 is 1.17 bits per heavy atom. The zero-order valence-corrected chi connectivity index (χ0v) is 12.7. The van der Waals surface area contributed by atoms with Crippen LogP contribution in [0.4, 0.5) is 13.2 Å². The van der Waals surface area contributed by atoms with Crippen LogP contribution in [0.3, 0.4) is 0 Å². The van der Waals surface area contributed by atoms with Crippen LogP contribution in [0.15, 0.2) is 28.8 Å². The SMILES string of the molecule is NC1(c2noc(/C=C/c3ccccc3OC(F)(F)F)n2)CCCC1. The number of alkyl halides is 3. The molecule has 1 saturated carbocycles. The highest BCUT2D eigenvalue weighted by Crippen LogP contribution is 2.34. The molecule has 3 rings (SSSR count). The minimum absolute atomic E-state index is 0.184. The number of nitrogens with two attached hydrogens (primary N) is 1. The molecule has 0 spiro atoms. The normalized spacial score (nSPS) is 17.5. The van der Waals surface area contributed by atoms with Gasteiger partial charge in [0.1, 0.15) is 5.75 Å². The van der Waals surface area contributed by atoms with E-state index in [1.165, 1.54) is 30.4 Å². The quantitative estimate of drug-likeness (QED) is 0.915. The van der Waals surface area contributed by atoms with E-state index in [-0.39, 0.29) is 17.2 Å². The molecule has 2 N–H and O–H groups in total. The van der Waals surface area contributed by atoms with Crippen molar-refractivity contribution >= 4 is 12.2 Å². The van der Waals surface area contributed by atoms with E-state index in [1.807, 2.05) is 0 Å². The van der Waals surface area contributed by atoms with Crippen LogP contribution in [0.2, 0.25) is 0 Å². The van der Waals surface area contributed by atoms with Gasteiger partial charge in [-0.15, -0.1) is 13.2 Å². The van der Waals surface area contributed by atoms with Gasteiger partial charge in [0.15, 0.2) is 5.82 Å². The molecule has 1 fully saturated rings. The van der Waals surface area contributed by atoms with Crippen molar-refractivity contribution in [1.29, 1.82) is 0 Å². The number of hydrogen-bond donors (Lipinski definition) is 1. The summed E-state index contributed by atoms with van der Waals surface area (Å²) in [5, 5.41) is 3.89. The van der Waals surface area contributed by atoms with Crippen molar-refractivity contribution in [2.24, 2.45) is 5.73 Å². The highest BCUT2D eigenvalue weighted by atomic mass is 19.4. The summed E-state index contributed by atoms with van der Waals surface area (Å²) in [7, 11) is 0. The van der Waals surface area contributed by atoms with Crippen molar-refractivity contribution in [3.05, 3.63) is 41.5 Å². The zero-order valence-electron chi connectivity index (χ0n) is 12.7. The number of halogens is 3. The van der Waals surface area contributed by atoms with Crippen LogP contribution in [0.25, 0.3) is 12.2 Å². The fraction of sp³-hybridized carbons (Fsp3) is 0.375. The third-order valence-electron chi connectivity index (χ3n) is 3.93. The highest BCUT2D eigenvalue weighted by Gasteiger charge is 2.35. The molecular weight excluding hydrogens is 323 g/mol. The predicted octanol–water partition coefficient (Wildman–Crippen LogP) is 3.87. The predicted molar refractivity (Wildman–Crippen MR) is 80.7 cm³/mol.